The maximum atomic E-state index is 12.2. The second-order valence-corrected chi connectivity index (χ2v) is 6.31. The van der Waals surface area contributed by atoms with Gasteiger partial charge in [0.2, 0.25) is 0 Å². The molecule has 0 aliphatic carbocycles. The minimum Gasteiger partial charge on any atom is -0.321 e. The highest BCUT2D eigenvalue weighted by Gasteiger charge is 2.24. The fourth-order valence-electron chi connectivity index (χ4n) is 2.54. The summed E-state index contributed by atoms with van der Waals surface area (Å²) in [5.74, 6) is -0.137. The van der Waals surface area contributed by atoms with Crippen molar-refractivity contribution in [3.8, 4) is 0 Å². The van der Waals surface area contributed by atoms with E-state index in [1.165, 1.54) is 0 Å². The molecule has 3 aromatic rings. The lowest BCUT2D eigenvalue weighted by Crippen LogP contribution is -2.03. The number of amides is 1. The number of rotatable bonds is 1. The van der Waals surface area contributed by atoms with E-state index in [-0.39, 0.29) is 5.91 Å². The van der Waals surface area contributed by atoms with Crippen LogP contribution in [0.5, 0.6) is 0 Å². The average Bonchev–Trinajstić information content (AvgIpc) is 3.01. The molecule has 0 atom stereocenters. The van der Waals surface area contributed by atoms with Gasteiger partial charge < -0.3 is 5.32 Å². The Hall–Kier alpha value is -2.11. The van der Waals surface area contributed by atoms with Crippen LogP contribution in [-0.2, 0) is 4.79 Å². The Balaban J connectivity index is 1.89. The summed E-state index contributed by atoms with van der Waals surface area (Å²) in [5.41, 5.74) is 3.85. The highest BCUT2D eigenvalue weighted by molar-refractivity contribution is 9.10. The van der Waals surface area contributed by atoms with E-state index >= 15 is 0 Å². The predicted octanol–water partition coefficient (Wildman–Crippen LogP) is 4.24. The SMILES string of the molecule is O=C1Nc2cc(Cl)ccc2/C1=C/c1cnc2ccc(Br)cn12. The van der Waals surface area contributed by atoms with E-state index in [9.17, 15) is 4.79 Å². The molecule has 4 rings (SSSR count). The van der Waals surface area contributed by atoms with E-state index in [4.69, 9.17) is 11.6 Å². The smallest absolute Gasteiger partial charge is 0.256 e. The van der Waals surface area contributed by atoms with Crippen molar-refractivity contribution in [1.29, 1.82) is 0 Å². The van der Waals surface area contributed by atoms with Gasteiger partial charge >= 0.3 is 0 Å². The topological polar surface area (TPSA) is 46.4 Å². The van der Waals surface area contributed by atoms with Crippen molar-refractivity contribution < 1.29 is 4.79 Å². The van der Waals surface area contributed by atoms with Gasteiger partial charge in [0.25, 0.3) is 5.91 Å². The van der Waals surface area contributed by atoms with Gasteiger partial charge in [-0.2, -0.15) is 0 Å². The lowest BCUT2D eigenvalue weighted by atomic mass is 10.1. The van der Waals surface area contributed by atoms with Crippen LogP contribution < -0.4 is 5.32 Å². The highest BCUT2D eigenvalue weighted by atomic mass is 79.9. The molecular formula is C16H9BrClN3O. The summed E-state index contributed by atoms with van der Waals surface area (Å²) < 4.78 is 2.87. The number of halogens is 2. The number of imidazole rings is 1. The Labute approximate surface area is 139 Å². The molecule has 0 saturated heterocycles. The van der Waals surface area contributed by atoms with E-state index in [0.29, 0.717) is 10.6 Å². The molecule has 1 aliphatic heterocycles. The number of benzene rings is 1. The lowest BCUT2D eigenvalue weighted by molar-refractivity contribution is -0.110. The molecular weight excluding hydrogens is 366 g/mol. The molecule has 3 heterocycles. The van der Waals surface area contributed by atoms with Crippen molar-refractivity contribution >= 4 is 56.4 Å². The van der Waals surface area contributed by atoms with Gasteiger partial charge in [-0.05, 0) is 46.3 Å². The van der Waals surface area contributed by atoms with E-state index in [0.717, 1.165) is 27.1 Å². The molecule has 1 N–H and O–H groups in total. The predicted molar refractivity (Wildman–Crippen MR) is 90.8 cm³/mol. The maximum Gasteiger partial charge on any atom is 0.256 e. The van der Waals surface area contributed by atoms with Crippen molar-refractivity contribution in [2.75, 3.05) is 5.32 Å². The highest BCUT2D eigenvalue weighted by Crippen LogP contribution is 2.35. The molecule has 2 aromatic heterocycles. The van der Waals surface area contributed by atoms with Gasteiger partial charge in [0, 0.05) is 21.3 Å². The third-order valence-electron chi connectivity index (χ3n) is 3.55. The third-order valence-corrected chi connectivity index (χ3v) is 4.26. The van der Waals surface area contributed by atoms with Crippen LogP contribution in [0.1, 0.15) is 11.3 Å². The number of carbonyl (C=O) groups excluding carboxylic acids is 1. The second-order valence-electron chi connectivity index (χ2n) is 4.96. The maximum absolute atomic E-state index is 12.2. The Bertz CT molecular complexity index is 961. The number of carbonyl (C=O) groups is 1. The normalized spacial score (nSPS) is 15.4. The first-order chi connectivity index (χ1) is 10.6. The van der Waals surface area contributed by atoms with Gasteiger partial charge in [-0.15, -0.1) is 0 Å². The second kappa shape index (κ2) is 4.97. The zero-order valence-corrected chi connectivity index (χ0v) is 13.5. The molecule has 0 saturated carbocycles. The average molecular weight is 375 g/mol. The standard InChI is InChI=1S/C16H9BrClN3O/c17-9-1-4-15-19-7-11(21(15)8-9)6-13-12-3-2-10(18)5-14(12)20-16(13)22/h1-8H,(H,20,22)/b13-6-. The molecule has 6 heteroatoms. The van der Waals surface area contributed by atoms with Crippen LogP contribution in [0.3, 0.4) is 0 Å². The number of aromatic nitrogens is 2. The molecule has 0 bridgehead atoms. The Morgan fingerprint density at radius 1 is 1.27 bits per heavy atom. The molecule has 0 unspecified atom stereocenters. The quantitative estimate of drug-likeness (QED) is 0.648. The summed E-state index contributed by atoms with van der Waals surface area (Å²) in [4.78, 5) is 16.6. The molecule has 0 radical (unpaired) electrons. The fourth-order valence-corrected chi connectivity index (χ4v) is 3.05. The van der Waals surface area contributed by atoms with Gasteiger partial charge in [0.1, 0.15) is 5.65 Å². The molecule has 0 fully saturated rings. The number of hydrogen-bond donors (Lipinski definition) is 1. The Kier molecular flexibility index (Phi) is 3.06. The van der Waals surface area contributed by atoms with Crippen LogP contribution in [0.4, 0.5) is 5.69 Å². The van der Waals surface area contributed by atoms with Crippen molar-refractivity contribution in [3.63, 3.8) is 0 Å². The largest absolute Gasteiger partial charge is 0.321 e. The van der Waals surface area contributed by atoms with Crippen LogP contribution in [0.25, 0.3) is 17.3 Å². The summed E-state index contributed by atoms with van der Waals surface area (Å²) >= 11 is 9.41. The minimum absolute atomic E-state index is 0.137. The summed E-state index contributed by atoms with van der Waals surface area (Å²) in [6, 6.07) is 9.22. The minimum atomic E-state index is -0.137. The van der Waals surface area contributed by atoms with Gasteiger partial charge in [-0.3, -0.25) is 9.20 Å². The molecule has 108 valence electrons. The Morgan fingerprint density at radius 3 is 3.00 bits per heavy atom. The third kappa shape index (κ3) is 2.14. The van der Waals surface area contributed by atoms with Crippen LogP contribution in [0.2, 0.25) is 5.02 Å². The fraction of sp³-hybridized carbons (Fsp3) is 0. The lowest BCUT2D eigenvalue weighted by Gasteiger charge is -2.00. The van der Waals surface area contributed by atoms with Crippen LogP contribution in [0, 0.1) is 0 Å². The summed E-state index contributed by atoms with van der Waals surface area (Å²) in [6.45, 7) is 0. The van der Waals surface area contributed by atoms with Gasteiger partial charge in [-0.1, -0.05) is 17.7 Å². The monoisotopic (exact) mass is 373 g/mol. The van der Waals surface area contributed by atoms with Crippen molar-refractivity contribution in [2.45, 2.75) is 0 Å². The number of pyridine rings is 1. The first kappa shape index (κ1) is 13.5. The zero-order chi connectivity index (χ0) is 15.3. The summed E-state index contributed by atoms with van der Waals surface area (Å²) in [6.07, 6.45) is 5.50. The number of hydrogen-bond acceptors (Lipinski definition) is 2. The number of nitrogens with one attached hydrogen (secondary N) is 1. The molecule has 4 nitrogen and oxygen atoms in total. The van der Waals surface area contributed by atoms with E-state index in [2.05, 4.69) is 26.2 Å². The summed E-state index contributed by atoms with van der Waals surface area (Å²) in [5, 5.41) is 3.43. The van der Waals surface area contributed by atoms with E-state index < -0.39 is 0 Å². The summed E-state index contributed by atoms with van der Waals surface area (Å²) in [7, 11) is 0. The van der Waals surface area contributed by atoms with Crippen molar-refractivity contribution in [2.24, 2.45) is 0 Å². The molecule has 1 aromatic carbocycles. The first-order valence-corrected chi connectivity index (χ1v) is 7.74. The molecule has 1 amide bonds. The molecule has 22 heavy (non-hydrogen) atoms. The van der Waals surface area contributed by atoms with Crippen molar-refractivity contribution in [3.05, 3.63) is 63.5 Å². The van der Waals surface area contributed by atoms with Crippen molar-refractivity contribution in [1.82, 2.24) is 9.38 Å². The van der Waals surface area contributed by atoms with Crippen LogP contribution in [-0.4, -0.2) is 15.3 Å². The molecule has 1 aliphatic rings. The molecule has 0 spiro atoms. The van der Waals surface area contributed by atoms with Crippen LogP contribution in [0.15, 0.2) is 47.2 Å². The number of fused-ring (bicyclic) bond motifs is 2. The van der Waals surface area contributed by atoms with Gasteiger partial charge in [-0.25, -0.2) is 4.98 Å². The van der Waals surface area contributed by atoms with E-state index in [1.807, 2.05) is 34.9 Å². The zero-order valence-electron chi connectivity index (χ0n) is 11.2. The number of nitrogens with zero attached hydrogens (tertiary/aromatic N) is 2. The van der Waals surface area contributed by atoms with Crippen LogP contribution >= 0.6 is 27.5 Å². The number of anilines is 1. The van der Waals surface area contributed by atoms with Gasteiger partial charge in [0.05, 0.1) is 23.2 Å². The first-order valence-electron chi connectivity index (χ1n) is 6.57. The van der Waals surface area contributed by atoms with Gasteiger partial charge in [0.15, 0.2) is 0 Å². The Morgan fingerprint density at radius 2 is 2.14 bits per heavy atom. The van der Waals surface area contributed by atoms with E-state index in [1.54, 1.807) is 18.3 Å².